The van der Waals surface area contributed by atoms with Crippen LogP contribution in [0.2, 0.25) is 0 Å². The molecule has 1 aliphatic rings. The molecule has 1 aromatic carbocycles. The maximum atomic E-state index is 12.4. The smallest absolute Gasteiger partial charge is 0.227 e. The fraction of sp³-hybridized carbons (Fsp3) is 0.588. The molecule has 2 rings (SSSR count). The van der Waals surface area contributed by atoms with Gasteiger partial charge in [-0.1, -0.05) is 36.8 Å². The standard InChI is InChI=1S/C17H26N2O/c1-3-10-18-16-5-4-11-19(13-16)17(20)12-15-8-6-14(2)7-9-15/h6-9,16,18H,3-5,10-13H2,1-2H3. The van der Waals surface area contributed by atoms with E-state index >= 15 is 0 Å². The molecule has 1 fully saturated rings. The number of nitrogens with one attached hydrogen (secondary N) is 1. The molecule has 0 saturated carbocycles. The van der Waals surface area contributed by atoms with Crippen LogP contribution in [0.1, 0.15) is 37.3 Å². The van der Waals surface area contributed by atoms with Gasteiger partial charge < -0.3 is 10.2 Å². The van der Waals surface area contributed by atoms with Crippen molar-refractivity contribution >= 4 is 5.91 Å². The van der Waals surface area contributed by atoms with E-state index in [9.17, 15) is 4.79 Å². The van der Waals surface area contributed by atoms with Crippen molar-refractivity contribution in [1.82, 2.24) is 10.2 Å². The highest BCUT2D eigenvalue weighted by molar-refractivity contribution is 5.78. The molecular formula is C17H26N2O. The van der Waals surface area contributed by atoms with Crippen molar-refractivity contribution < 1.29 is 4.79 Å². The monoisotopic (exact) mass is 274 g/mol. The van der Waals surface area contributed by atoms with E-state index in [-0.39, 0.29) is 5.91 Å². The molecule has 110 valence electrons. The van der Waals surface area contributed by atoms with Crippen molar-refractivity contribution in [3.8, 4) is 0 Å². The lowest BCUT2D eigenvalue weighted by Crippen LogP contribution is -2.48. The van der Waals surface area contributed by atoms with Crippen LogP contribution < -0.4 is 5.32 Å². The van der Waals surface area contributed by atoms with Crippen molar-refractivity contribution in [1.29, 1.82) is 0 Å². The molecule has 0 bridgehead atoms. The maximum absolute atomic E-state index is 12.4. The minimum absolute atomic E-state index is 0.261. The number of hydrogen-bond donors (Lipinski definition) is 1. The van der Waals surface area contributed by atoms with Crippen LogP contribution in [-0.2, 0) is 11.2 Å². The molecule has 1 amide bonds. The predicted octanol–water partition coefficient (Wildman–Crippen LogP) is 2.53. The van der Waals surface area contributed by atoms with Crippen LogP contribution in [0, 0.1) is 6.92 Å². The normalized spacial score (nSPS) is 19.1. The van der Waals surface area contributed by atoms with Gasteiger partial charge in [0.2, 0.25) is 5.91 Å². The number of carbonyl (C=O) groups is 1. The largest absolute Gasteiger partial charge is 0.341 e. The first-order valence-electron chi connectivity index (χ1n) is 7.75. The molecule has 0 aromatic heterocycles. The Bertz CT molecular complexity index is 427. The van der Waals surface area contributed by atoms with Crippen molar-refractivity contribution in [2.75, 3.05) is 19.6 Å². The molecule has 1 unspecified atom stereocenters. The summed E-state index contributed by atoms with van der Waals surface area (Å²) in [6.07, 6.45) is 3.98. The summed E-state index contributed by atoms with van der Waals surface area (Å²) in [6.45, 7) is 7.07. The number of amides is 1. The summed E-state index contributed by atoms with van der Waals surface area (Å²) in [4.78, 5) is 14.4. The average molecular weight is 274 g/mol. The van der Waals surface area contributed by atoms with Gasteiger partial charge in [0.25, 0.3) is 0 Å². The van der Waals surface area contributed by atoms with Crippen LogP contribution in [0.3, 0.4) is 0 Å². The summed E-state index contributed by atoms with van der Waals surface area (Å²) in [5.41, 5.74) is 2.35. The second kappa shape index (κ2) is 7.44. The Labute approximate surface area is 122 Å². The fourth-order valence-electron chi connectivity index (χ4n) is 2.71. The van der Waals surface area contributed by atoms with Gasteiger partial charge in [0.15, 0.2) is 0 Å². The first-order chi connectivity index (χ1) is 9.69. The Morgan fingerprint density at radius 2 is 2.10 bits per heavy atom. The van der Waals surface area contributed by atoms with Gasteiger partial charge in [-0.15, -0.1) is 0 Å². The molecule has 1 aromatic rings. The number of rotatable bonds is 5. The van der Waals surface area contributed by atoms with Crippen LogP contribution >= 0.6 is 0 Å². The summed E-state index contributed by atoms with van der Waals surface area (Å²) in [5, 5.41) is 3.53. The lowest BCUT2D eigenvalue weighted by Gasteiger charge is -2.33. The third kappa shape index (κ3) is 4.34. The van der Waals surface area contributed by atoms with Crippen molar-refractivity contribution in [3.05, 3.63) is 35.4 Å². The molecule has 1 aliphatic heterocycles. The average Bonchev–Trinajstić information content (AvgIpc) is 2.48. The highest BCUT2D eigenvalue weighted by Gasteiger charge is 2.22. The van der Waals surface area contributed by atoms with Crippen LogP contribution in [0.15, 0.2) is 24.3 Å². The van der Waals surface area contributed by atoms with E-state index in [1.54, 1.807) is 0 Å². The maximum Gasteiger partial charge on any atom is 0.227 e. The number of piperidine rings is 1. The van der Waals surface area contributed by atoms with E-state index < -0.39 is 0 Å². The van der Waals surface area contributed by atoms with Gasteiger partial charge in [0.1, 0.15) is 0 Å². The minimum atomic E-state index is 0.261. The zero-order chi connectivity index (χ0) is 14.4. The zero-order valence-electron chi connectivity index (χ0n) is 12.7. The summed E-state index contributed by atoms with van der Waals surface area (Å²) >= 11 is 0. The Balaban J connectivity index is 1.86. The van der Waals surface area contributed by atoms with E-state index in [0.29, 0.717) is 12.5 Å². The van der Waals surface area contributed by atoms with Gasteiger partial charge in [-0.3, -0.25) is 4.79 Å². The molecule has 1 heterocycles. The van der Waals surface area contributed by atoms with E-state index in [0.717, 1.165) is 38.0 Å². The number of likely N-dealkylation sites (tertiary alicyclic amines) is 1. The predicted molar refractivity (Wildman–Crippen MR) is 82.8 cm³/mol. The first kappa shape index (κ1) is 15.0. The number of benzene rings is 1. The summed E-state index contributed by atoms with van der Waals surface area (Å²) < 4.78 is 0. The summed E-state index contributed by atoms with van der Waals surface area (Å²) in [7, 11) is 0. The Hall–Kier alpha value is -1.35. The van der Waals surface area contributed by atoms with Gasteiger partial charge in [-0.2, -0.15) is 0 Å². The highest BCUT2D eigenvalue weighted by atomic mass is 16.2. The van der Waals surface area contributed by atoms with Crippen LogP contribution in [-0.4, -0.2) is 36.5 Å². The molecule has 3 heteroatoms. The highest BCUT2D eigenvalue weighted by Crippen LogP contribution is 2.13. The quantitative estimate of drug-likeness (QED) is 0.895. The first-order valence-corrected chi connectivity index (χ1v) is 7.75. The molecule has 3 nitrogen and oxygen atoms in total. The SMILES string of the molecule is CCCNC1CCCN(C(=O)Cc2ccc(C)cc2)C1. The van der Waals surface area contributed by atoms with E-state index in [4.69, 9.17) is 0 Å². The second-order valence-electron chi connectivity index (χ2n) is 5.80. The Morgan fingerprint density at radius 1 is 1.35 bits per heavy atom. The van der Waals surface area contributed by atoms with Crippen molar-refractivity contribution in [2.24, 2.45) is 0 Å². The van der Waals surface area contributed by atoms with Gasteiger partial charge >= 0.3 is 0 Å². The van der Waals surface area contributed by atoms with Crippen molar-refractivity contribution in [2.45, 2.75) is 45.6 Å². The fourth-order valence-corrected chi connectivity index (χ4v) is 2.71. The third-order valence-electron chi connectivity index (χ3n) is 3.93. The number of carbonyl (C=O) groups excluding carboxylic acids is 1. The van der Waals surface area contributed by atoms with Crippen LogP contribution in [0.5, 0.6) is 0 Å². The van der Waals surface area contributed by atoms with E-state index in [1.807, 2.05) is 4.90 Å². The molecule has 20 heavy (non-hydrogen) atoms. The van der Waals surface area contributed by atoms with Gasteiger partial charge in [0.05, 0.1) is 6.42 Å². The Morgan fingerprint density at radius 3 is 2.80 bits per heavy atom. The number of aryl methyl sites for hydroxylation is 1. The van der Waals surface area contributed by atoms with Gasteiger partial charge in [-0.25, -0.2) is 0 Å². The van der Waals surface area contributed by atoms with E-state index in [1.165, 1.54) is 12.0 Å². The second-order valence-corrected chi connectivity index (χ2v) is 5.80. The van der Waals surface area contributed by atoms with Crippen LogP contribution in [0.4, 0.5) is 0 Å². The molecule has 1 atom stereocenters. The minimum Gasteiger partial charge on any atom is -0.341 e. The van der Waals surface area contributed by atoms with Crippen LogP contribution in [0.25, 0.3) is 0 Å². The molecule has 1 N–H and O–H groups in total. The molecule has 0 aliphatic carbocycles. The lowest BCUT2D eigenvalue weighted by atomic mass is 10.0. The van der Waals surface area contributed by atoms with Gasteiger partial charge in [-0.05, 0) is 38.3 Å². The molecule has 1 saturated heterocycles. The number of nitrogens with zero attached hydrogens (tertiary/aromatic N) is 1. The topological polar surface area (TPSA) is 32.3 Å². The lowest BCUT2D eigenvalue weighted by molar-refractivity contribution is -0.131. The Kier molecular flexibility index (Phi) is 5.60. The summed E-state index contributed by atoms with van der Waals surface area (Å²) in [6, 6.07) is 8.74. The molecule has 0 radical (unpaired) electrons. The number of hydrogen-bond acceptors (Lipinski definition) is 2. The molecular weight excluding hydrogens is 248 g/mol. The molecule has 0 spiro atoms. The summed E-state index contributed by atoms with van der Waals surface area (Å²) in [5.74, 6) is 0.261. The van der Waals surface area contributed by atoms with Crippen molar-refractivity contribution in [3.63, 3.8) is 0 Å². The zero-order valence-corrected chi connectivity index (χ0v) is 12.7. The van der Waals surface area contributed by atoms with Gasteiger partial charge in [0, 0.05) is 19.1 Å². The third-order valence-corrected chi connectivity index (χ3v) is 3.93. The van der Waals surface area contributed by atoms with E-state index in [2.05, 4.69) is 43.4 Å².